The van der Waals surface area contributed by atoms with E-state index in [4.69, 9.17) is 11.6 Å². The summed E-state index contributed by atoms with van der Waals surface area (Å²) in [4.78, 5) is 0. The standard InChI is InChI=1S/C11H11Cl/c12-8-3-1-7(2-4-8)11-9-5-6-10(9)11/h1-4,9-11H,5-6H2. The topological polar surface area (TPSA) is 0 Å². The largest absolute Gasteiger partial charge is 0.0843 e. The van der Waals surface area contributed by atoms with Crippen LogP contribution in [-0.4, -0.2) is 0 Å². The van der Waals surface area contributed by atoms with E-state index in [9.17, 15) is 0 Å². The van der Waals surface area contributed by atoms with Crippen molar-refractivity contribution in [3.63, 3.8) is 0 Å². The van der Waals surface area contributed by atoms with Gasteiger partial charge in [0, 0.05) is 5.02 Å². The molecular formula is C11H11Cl. The third-order valence-electron chi connectivity index (χ3n) is 3.42. The van der Waals surface area contributed by atoms with Gasteiger partial charge >= 0.3 is 0 Å². The molecule has 0 spiro atoms. The zero-order valence-corrected chi connectivity index (χ0v) is 7.59. The van der Waals surface area contributed by atoms with Crippen LogP contribution in [-0.2, 0) is 0 Å². The number of benzene rings is 1. The molecule has 1 aromatic rings. The maximum atomic E-state index is 5.83. The Balaban J connectivity index is 1.88. The Hall–Kier alpha value is -0.490. The van der Waals surface area contributed by atoms with Gasteiger partial charge in [-0.2, -0.15) is 0 Å². The Kier molecular flexibility index (Phi) is 1.31. The van der Waals surface area contributed by atoms with E-state index in [0.29, 0.717) is 0 Å². The van der Waals surface area contributed by atoms with E-state index < -0.39 is 0 Å². The average Bonchev–Trinajstić information content (AvgIpc) is 2.53. The fraction of sp³-hybridized carbons (Fsp3) is 0.455. The molecule has 2 aliphatic rings. The third kappa shape index (κ3) is 0.847. The van der Waals surface area contributed by atoms with Gasteiger partial charge in [0.05, 0.1) is 0 Å². The van der Waals surface area contributed by atoms with Gasteiger partial charge in [0.25, 0.3) is 0 Å². The van der Waals surface area contributed by atoms with Gasteiger partial charge in [-0.15, -0.1) is 0 Å². The van der Waals surface area contributed by atoms with Gasteiger partial charge in [-0.25, -0.2) is 0 Å². The first-order valence-corrected chi connectivity index (χ1v) is 4.99. The van der Waals surface area contributed by atoms with E-state index in [0.717, 1.165) is 22.8 Å². The molecule has 2 atom stereocenters. The monoisotopic (exact) mass is 178 g/mol. The van der Waals surface area contributed by atoms with E-state index in [1.807, 2.05) is 12.1 Å². The molecule has 12 heavy (non-hydrogen) atoms. The molecular weight excluding hydrogens is 168 g/mol. The van der Waals surface area contributed by atoms with Crippen molar-refractivity contribution in [1.82, 2.24) is 0 Å². The van der Waals surface area contributed by atoms with Gasteiger partial charge in [-0.3, -0.25) is 0 Å². The second-order valence-electron chi connectivity index (χ2n) is 3.98. The minimum atomic E-state index is 0.853. The minimum Gasteiger partial charge on any atom is -0.0843 e. The summed E-state index contributed by atoms with van der Waals surface area (Å²) in [7, 11) is 0. The van der Waals surface area contributed by atoms with Gasteiger partial charge in [-0.05, 0) is 48.3 Å². The summed E-state index contributed by atoms with van der Waals surface area (Å²) in [6, 6.07) is 8.39. The zero-order valence-electron chi connectivity index (χ0n) is 6.83. The predicted octanol–water partition coefficient (Wildman–Crippen LogP) is 3.46. The first-order chi connectivity index (χ1) is 5.86. The molecule has 2 aliphatic carbocycles. The molecule has 0 heterocycles. The third-order valence-corrected chi connectivity index (χ3v) is 3.67. The Morgan fingerprint density at radius 1 is 1.00 bits per heavy atom. The summed E-state index contributed by atoms with van der Waals surface area (Å²) in [6.07, 6.45) is 2.91. The van der Waals surface area contributed by atoms with Crippen LogP contribution in [0.2, 0.25) is 5.02 Å². The highest BCUT2D eigenvalue weighted by atomic mass is 35.5. The molecule has 0 aromatic heterocycles. The van der Waals surface area contributed by atoms with Crippen LogP contribution < -0.4 is 0 Å². The normalized spacial score (nSPS) is 36.9. The van der Waals surface area contributed by atoms with Crippen molar-refractivity contribution >= 4 is 11.6 Å². The summed E-state index contributed by atoms with van der Waals surface area (Å²) in [5.41, 5.74) is 1.51. The number of hydrogen-bond acceptors (Lipinski definition) is 0. The number of hydrogen-bond donors (Lipinski definition) is 0. The summed E-state index contributed by atoms with van der Waals surface area (Å²) >= 11 is 5.83. The molecule has 0 aliphatic heterocycles. The van der Waals surface area contributed by atoms with Crippen LogP contribution in [0.15, 0.2) is 24.3 Å². The summed E-state index contributed by atoms with van der Waals surface area (Å²) < 4.78 is 0. The van der Waals surface area contributed by atoms with Crippen molar-refractivity contribution in [2.75, 3.05) is 0 Å². The Morgan fingerprint density at radius 3 is 2.08 bits per heavy atom. The van der Waals surface area contributed by atoms with Gasteiger partial charge < -0.3 is 0 Å². The van der Waals surface area contributed by atoms with E-state index in [2.05, 4.69) is 12.1 Å². The van der Waals surface area contributed by atoms with E-state index in [1.165, 1.54) is 18.4 Å². The van der Waals surface area contributed by atoms with Crippen LogP contribution in [0.4, 0.5) is 0 Å². The quantitative estimate of drug-likeness (QED) is 0.618. The first kappa shape index (κ1) is 6.97. The van der Waals surface area contributed by atoms with E-state index in [1.54, 1.807) is 0 Å². The van der Waals surface area contributed by atoms with Crippen molar-refractivity contribution < 1.29 is 0 Å². The molecule has 62 valence electrons. The average molecular weight is 179 g/mol. The van der Waals surface area contributed by atoms with Crippen molar-refractivity contribution in [1.29, 1.82) is 0 Å². The van der Waals surface area contributed by atoms with Gasteiger partial charge in [0.15, 0.2) is 0 Å². The van der Waals surface area contributed by atoms with Gasteiger partial charge in [-0.1, -0.05) is 23.7 Å². The fourth-order valence-electron chi connectivity index (χ4n) is 2.54. The number of fused-ring (bicyclic) bond motifs is 1. The maximum absolute atomic E-state index is 5.83. The van der Waals surface area contributed by atoms with E-state index in [-0.39, 0.29) is 0 Å². The highest BCUT2D eigenvalue weighted by Crippen LogP contribution is 2.66. The fourth-order valence-corrected chi connectivity index (χ4v) is 2.66. The van der Waals surface area contributed by atoms with Crippen molar-refractivity contribution in [3.8, 4) is 0 Å². The lowest BCUT2D eigenvalue weighted by Crippen LogP contribution is -1.93. The van der Waals surface area contributed by atoms with Crippen LogP contribution in [0.25, 0.3) is 0 Å². The van der Waals surface area contributed by atoms with Crippen molar-refractivity contribution in [3.05, 3.63) is 34.9 Å². The molecule has 0 saturated heterocycles. The lowest BCUT2D eigenvalue weighted by Gasteiger charge is -2.04. The highest BCUT2D eigenvalue weighted by molar-refractivity contribution is 6.30. The molecule has 1 heteroatoms. The molecule has 0 bridgehead atoms. The summed E-state index contributed by atoms with van der Waals surface area (Å²) in [5.74, 6) is 2.96. The van der Waals surface area contributed by atoms with Crippen LogP contribution >= 0.6 is 11.6 Å². The number of rotatable bonds is 1. The second kappa shape index (κ2) is 2.26. The van der Waals surface area contributed by atoms with Crippen molar-refractivity contribution in [2.45, 2.75) is 18.8 Å². The van der Waals surface area contributed by atoms with Crippen LogP contribution in [0, 0.1) is 11.8 Å². The van der Waals surface area contributed by atoms with E-state index >= 15 is 0 Å². The van der Waals surface area contributed by atoms with Crippen LogP contribution in [0.1, 0.15) is 24.3 Å². The van der Waals surface area contributed by atoms with Gasteiger partial charge in [0.1, 0.15) is 0 Å². The van der Waals surface area contributed by atoms with Crippen LogP contribution in [0.5, 0.6) is 0 Å². The second-order valence-corrected chi connectivity index (χ2v) is 4.42. The number of halogens is 1. The Morgan fingerprint density at radius 2 is 1.58 bits per heavy atom. The minimum absolute atomic E-state index is 0.853. The molecule has 2 saturated carbocycles. The maximum Gasteiger partial charge on any atom is 0.0406 e. The molecule has 0 amide bonds. The van der Waals surface area contributed by atoms with Gasteiger partial charge in [0.2, 0.25) is 0 Å². The van der Waals surface area contributed by atoms with Crippen molar-refractivity contribution in [2.24, 2.45) is 11.8 Å². The Bertz CT molecular complexity index is 291. The Labute approximate surface area is 77.5 Å². The lowest BCUT2D eigenvalue weighted by molar-refractivity contribution is 0.468. The molecule has 2 fully saturated rings. The zero-order chi connectivity index (χ0) is 8.13. The molecule has 0 radical (unpaired) electrons. The molecule has 2 unspecified atom stereocenters. The summed E-state index contributed by atoms with van der Waals surface area (Å²) in [5, 5.41) is 0.853. The first-order valence-electron chi connectivity index (χ1n) is 4.62. The molecule has 1 aromatic carbocycles. The lowest BCUT2D eigenvalue weighted by atomic mass is 10.0. The summed E-state index contributed by atoms with van der Waals surface area (Å²) in [6.45, 7) is 0. The smallest absolute Gasteiger partial charge is 0.0406 e. The molecule has 0 N–H and O–H groups in total. The SMILES string of the molecule is Clc1ccc(C2C3CCC32)cc1. The molecule has 0 nitrogen and oxygen atoms in total. The predicted molar refractivity (Wildman–Crippen MR) is 50.4 cm³/mol. The molecule has 3 rings (SSSR count). The van der Waals surface area contributed by atoms with Crippen LogP contribution in [0.3, 0.4) is 0 Å². The highest BCUT2D eigenvalue weighted by Gasteiger charge is 2.56.